The zero-order valence-corrected chi connectivity index (χ0v) is 15.3. The quantitative estimate of drug-likeness (QED) is 0.792. The summed E-state index contributed by atoms with van der Waals surface area (Å²) in [5.41, 5.74) is 1.66. The number of aromatic nitrogens is 3. The van der Waals surface area contributed by atoms with Crippen LogP contribution in [0.25, 0.3) is 0 Å². The molecule has 2 N–H and O–H groups in total. The predicted octanol–water partition coefficient (Wildman–Crippen LogP) is 2.40. The third-order valence-corrected chi connectivity index (χ3v) is 5.54. The third kappa shape index (κ3) is 3.25. The Morgan fingerprint density at radius 2 is 1.96 bits per heavy atom. The van der Waals surface area contributed by atoms with Gasteiger partial charge in [0.25, 0.3) is 0 Å². The first-order chi connectivity index (χ1) is 12.9. The van der Waals surface area contributed by atoms with E-state index in [1.807, 2.05) is 54.9 Å². The topological polar surface area (TPSA) is 97.1 Å². The summed E-state index contributed by atoms with van der Waals surface area (Å²) in [5, 5.41) is 16.8. The summed E-state index contributed by atoms with van der Waals surface area (Å²) in [5.74, 6) is -0.721. The Bertz CT molecular complexity index is 933. The van der Waals surface area contributed by atoms with Gasteiger partial charge in [0, 0.05) is 5.69 Å². The van der Waals surface area contributed by atoms with Crippen LogP contribution in [-0.2, 0) is 16.1 Å². The molecule has 1 aromatic carbocycles. The summed E-state index contributed by atoms with van der Waals surface area (Å²) >= 11 is 0. The molecule has 4 atom stereocenters. The minimum atomic E-state index is -0.891. The largest absolute Gasteiger partial charge is 0.481 e. The molecule has 0 unspecified atom stereocenters. The Morgan fingerprint density at radius 3 is 2.63 bits per heavy atom. The van der Waals surface area contributed by atoms with Crippen LogP contribution >= 0.6 is 0 Å². The maximum Gasteiger partial charge on any atom is 0.307 e. The average Bonchev–Trinajstić information content (AvgIpc) is 3.30. The van der Waals surface area contributed by atoms with Gasteiger partial charge in [0.05, 0.1) is 18.4 Å². The Labute approximate surface area is 157 Å². The molecule has 1 heterocycles. The van der Waals surface area contributed by atoms with Crippen LogP contribution in [0.2, 0.25) is 0 Å². The maximum atomic E-state index is 12.8. The monoisotopic (exact) mass is 366 g/mol. The number of aliphatic carboxylic acids is 1. The van der Waals surface area contributed by atoms with Crippen LogP contribution in [0.3, 0.4) is 0 Å². The van der Waals surface area contributed by atoms with Gasteiger partial charge in [-0.3, -0.25) is 9.59 Å². The zero-order valence-electron chi connectivity index (χ0n) is 15.3. The SMILES string of the molecule is Cc1nc(C)n(Cc2cccc(NC(=O)[C@H]3[C@H](C(=O)O)[C@H]4C=C[C@H]3C4)c2)n1. The highest BCUT2D eigenvalue weighted by Gasteiger charge is 2.51. The lowest BCUT2D eigenvalue weighted by Crippen LogP contribution is -2.36. The first kappa shape index (κ1) is 17.5. The molecule has 27 heavy (non-hydrogen) atoms. The second-order valence-electron chi connectivity index (χ2n) is 7.39. The molecule has 0 radical (unpaired) electrons. The number of anilines is 1. The highest BCUT2D eigenvalue weighted by atomic mass is 16.4. The molecule has 2 aliphatic carbocycles. The van der Waals surface area contributed by atoms with E-state index in [-0.39, 0.29) is 17.7 Å². The van der Waals surface area contributed by atoms with Gasteiger partial charge in [-0.15, -0.1) is 0 Å². The zero-order chi connectivity index (χ0) is 19.1. The Morgan fingerprint density at radius 1 is 1.22 bits per heavy atom. The van der Waals surface area contributed by atoms with Gasteiger partial charge in [0.2, 0.25) is 5.91 Å². The lowest BCUT2D eigenvalue weighted by atomic mass is 9.82. The van der Waals surface area contributed by atoms with Crippen LogP contribution in [-0.4, -0.2) is 31.7 Å². The van der Waals surface area contributed by atoms with E-state index >= 15 is 0 Å². The molecule has 1 amide bonds. The number of carbonyl (C=O) groups is 2. The van der Waals surface area contributed by atoms with Crippen molar-refractivity contribution in [1.82, 2.24) is 14.8 Å². The Hall–Kier alpha value is -2.96. The number of amides is 1. The van der Waals surface area contributed by atoms with E-state index < -0.39 is 17.8 Å². The fourth-order valence-corrected chi connectivity index (χ4v) is 4.37. The minimum Gasteiger partial charge on any atom is -0.481 e. The van der Waals surface area contributed by atoms with Gasteiger partial charge in [-0.05, 0) is 49.8 Å². The number of hydrogen-bond donors (Lipinski definition) is 2. The van der Waals surface area contributed by atoms with Gasteiger partial charge in [-0.2, -0.15) is 5.10 Å². The summed E-state index contributed by atoms with van der Waals surface area (Å²) in [6, 6.07) is 7.55. The van der Waals surface area contributed by atoms with Crippen LogP contribution in [0.5, 0.6) is 0 Å². The third-order valence-electron chi connectivity index (χ3n) is 5.54. The number of aryl methyl sites for hydroxylation is 2. The molecule has 140 valence electrons. The van der Waals surface area contributed by atoms with Crippen LogP contribution in [0.15, 0.2) is 36.4 Å². The molecule has 7 heteroatoms. The van der Waals surface area contributed by atoms with Crippen molar-refractivity contribution in [3.8, 4) is 0 Å². The number of fused-ring (bicyclic) bond motifs is 2. The van der Waals surface area contributed by atoms with Gasteiger partial charge < -0.3 is 10.4 Å². The Balaban J connectivity index is 1.50. The summed E-state index contributed by atoms with van der Waals surface area (Å²) in [6.07, 6.45) is 4.68. The molecule has 1 fully saturated rings. The minimum absolute atomic E-state index is 0.0139. The normalized spacial score (nSPS) is 25.7. The fraction of sp³-hybridized carbons (Fsp3) is 0.400. The molecule has 7 nitrogen and oxygen atoms in total. The fourth-order valence-electron chi connectivity index (χ4n) is 4.37. The highest BCUT2D eigenvalue weighted by molar-refractivity contribution is 5.96. The lowest BCUT2D eigenvalue weighted by molar-refractivity contribution is -0.146. The average molecular weight is 366 g/mol. The number of carboxylic acid groups (broad SMARTS) is 1. The van der Waals surface area contributed by atoms with E-state index in [1.165, 1.54) is 0 Å². The summed E-state index contributed by atoms with van der Waals surface area (Å²) in [7, 11) is 0. The molecule has 4 rings (SSSR count). The molecule has 1 aromatic heterocycles. The second kappa shape index (κ2) is 6.64. The molecular formula is C20H22N4O3. The van der Waals surface area contributed by atoms with E-state index in [0.717, 1.165) is 23.6 Å². The molecular weight excluding hydrogens is 344 g/mol. The molecule has 1 saturated carbocycles. The number of carboxylic acids is 1. The number of hydrogen-bond acceptors (Lipinski definition) is 4. The summed E-state index contributed by atoms with van der Waals surface area (Å²) in [4.78, 5) is 28.7. The standard InChI is InChI=1S/C20H22N4O3/c1-11-21-12(2)24(23-11)10-13-4-3-5-16(8-13)22-19(25)17-14-6-7-15(9-14)18(17)20(26)27/h3-8,14-15,17-18H,9-10H2,1-2H3,(H,22,25)(H,26,27)/t14-,15-,17+,18+/m0/s1. The van der Waals surface area contributed by atoms with Gasteiger partial charge in [-0.25, -0.2) is 9.67 Å². The van der Waals surface area contributed by atoms with E-state index in [2.05, 4.69) is 15.4 Å². The van der Waals surface area contributed by atoms with Gasteiger partial charge in [-0.1, -0.05) is 24.3 Å². The van der Waals surface area contributed by atoms with Crippen molar-refractivity contribution >= 4 is 17.6 Å². The van der Waals surface area contributed by atoms with E-state index in [1.54, 1.807) is 0 Å². The van der Waals surface area contributed by atoms with E-state index in [4.69, 9.17) is 0 Å². The van der Waals surface area contributed by atoms with E-state index in [9.17, 15) is 14.7 Å². The van der Waals surface area contributed by atoms with Crippen LogP contribution in [0, 0.1) is 37.5 Å². The van der Waals surface area contributed by atoms with Crippen molar-refractivity contribution < 1.29 is 14.7 Å². The van der Waals surface area contributed by atoms with Crippen molar-refractivity contribution in [3.63, 3.8) is 0 Å². The summed E-state index contributed by atoms with van der Waals surface area (Å²) in [6.45, 7) is 4.31. The van der Waals surface area contributed by atoms with Crippen LogP contribution < -0.4 is 5.32 Å². The second-order valence-corrected chi connectivity index (χ2v) is 7.39. The number of benzene rings is 1. The van der Waals surface area contributed by atoms with Crippen LogP contribution in [0.4, 0.5) is 5.69 Å². The number of nitrogens with one attached hydrogen (secondary N) is 1. The van der Waals surface area contributed by atoms with Crippen molar-refractivity contribution in [3.05, 3.63) is 53.6 Å². The van der Waals surface area contributed by atoms with Crippen molar-refractivity contribution in [1.29, 1.82) is 0 Å². The number of allylic oxidation sites excluding steroid dienone is 2. The maximum absolute atomic E-state index is 12.8. The lowest BCUT2D eigenvalue weighted by Gasteiger charge is -2.24. The first-order valence-corrected chi connectivity index (χ1v) is 9.11. The van der Waals surface area contributed by atoms with Gasteiger partial charge in [0.1, 0.15) is 11.6 Å². The summed E-state index contributed by atoms with van der Waals surface area (Å²) < 4.78 is 1.82. The van der Waals surface area contributed by atoms with Gasteiger partial charge >= 0.3 is 5.97 Å². The number of rotatable bonds is 5. The predicted molar refractivity (Wildman–Crippen MR) is 99.0 cm³/mol. The molecule has 2 bridgehead atoms. The van der Waals surface area contributed by atoms with Crippen LogP contribution in [0.1, 0.15) is 23.6 Å². The Kier molecular flexibility index (Phi) is 4.30. The highest BCUT2D eigenvalue weighted by Crippen LogP contribution is 2.48. The van der Waals surface area contributed by atoms with Crippen molar-refractivity contribution in [2.45, 2.75) is 26.8 Å². The smallest absolute Gasteiger partial charge is 0.307 e. The molecule has 2 aromatic rings. The van der Waals surface area contributed by atoms with Crippen molar-refractivity contribution in [2.75, 3.05) is 5.32 Å². The first-order valence-electron chi connectivity index (χ1n) is 9.11. The van der Waals surface area contributed by atoms with E-state index in [0.29, 0.717) is 12.2 Å². The molecule has 0 aliphatic heterocycles. The van der Waals surface area contributed by atoms with Crippen molar-refractivity contribution in [2.24, 2.45) is 23.7 Å². The molecule has 2 aliphatic rings. The van der Waals surface area contributed by atoms with Gasteiger partial charge in [0.15, 0.2) is 0 Å². The number of nitrogens with zero attached hydrogens (tertiary/aromatic N) is 3. The number of carbonyl (C=O) groups excluding carboxylic acids is 1. The molecule has 0 saturated heterocycles. The molecule has 0 spiro atoms.